The lowest BCUT2D eigenvalue weighted by molar-refractivity contribution is -0.152. The zero-order valence-corrected chi connectivity index (χ0v) is 17.3. The van der Waals surface area contributed by atoms with E-state index in [4.69, 9.17) is 4.74 Å². The molecule has 0 radical (unpaired) electrons. The molecule has 4 saturated carbocycles. The van der Waals surface area contributed by atoms with Crippen LogP contribution >= 0.6 is 0 Å². The van der Waals surface area contributed by atoms with Gasteiger partial charge in [-0.15, -0.1) is 0 Å². The summed E-state index contributed by atoms with van der Waals surface area (Å²) < 4.78 is 5.56. The molecule has 1 aliphatic heterocycles. The third-order valence-corrected chi connectivity index (χ3v) is 7.63. The van der Waals surface area contributed by atoms with Gasteiger partial charge < -0.3 is 4.74 Å². The number of benzene rings is 1. The van der Waals surface area contributed by atoms with Crippen molar-refractivity contribution in [2.75, 3.05) is 4.90 Å². The molecule has 1 atom stereocenters. The molecule has 0 spiro atoms. The molecule has 5 fully saturated rings. The van der Waals surface area contributed by atoms with Crippen LogP contribution in [-0.4, -0.2) is 29.7 Å². The van der Waals surface area contributed by atoms with E-state index in [9.17, 15) is 19.2 Å². The van der Waals surface area contributed by atoms with Gasteiger partial charge in [0, 0.05) is 18.3 Å². The van der Waals surface area contributed by atoms with Crippen LogP contribution in [0.3, 0.4) is 0 Å². The first-order chi connectivity index (χ1) is 14.3. The molecule has 5 aliphatic rings. The molecule has 0 unspecified atom stereocenters. The first kappa shape index (κ1) is 19.5. The molecule has 1 saturated heterocycles. The van der Waals surface area contributed by atoms with Crippen molar-refractivity contribution in [3.05, 3.63) is 29.8 Å². The topological polar surface area (TPSA) is 80.8 Å². The first-order valence-corrected chi connectivity index (χ1v) is 11.1. The van der Waals surface area contributed by atoms with Gasteiger partial charge in [-0.05, 0) is 87.5 Å². The van der Waals surface area contributed by atoms with Crippen LogP contribution in [0.1, 0.15) is 68.6 Å². The van der Waals surface area contributed by atoms with Crippen molar-refractivity contribution < 1.29 is 23.9 Å². The van der Waals surface area contributed by atoms with Crippen molar-refractivity contribution in [3.8, 4) is 0 Å². The van der Waals surface area contributed by atoms with Gasteiger partial charge in [0.15, 0.2) is 11.9 Å². The number of carbonyl (C=O) groups is 4. The molecule has 6 heteroatoms. The van der Waals surface area contributed by atoms with E-state index in [-0.39, 0.29) is 35.9 Å². The van der Waals surface area contributed by atoms with Crippen LogP contribution in [0.2, 0.25) is 0 Å². The second kappa shape index (κ2) is 7.03. The zero-order chi connectivity index (χ0) is 21.0. The summed E-state index contributed by atoms with van der Waals surface area (Å²) in [5.41, 5.74) is 0.467. The number of ketones is 1. The third-order valence-electron chi connectivity index (χ3n) is 7.63. The highest BCUT2D eigenvalue weighted by Crippen LogP contribution is 2.60. The van der Waals surface area contributed by atoms with Crippen molar-refractivity contribution in [3.63, 3.8) is 0 Å². The molecule has 6 rings (SSSR count). The monoisotopic (exact) mass is 409 g/mol. The number of hydrogen-bond acceptors (Lipinski definition) is 5. The van der Waals surface area contributed by atoms with Gasteiger partial charge in [-0.3, -0.25) is 19.3 Å². The summed E-state index contributed by atoms with van der Waals surface area (Å²) in [6.45, 7) is 1.69. The Morgan fingerprint density at radius 3 is 1.93 bits per heavy atom. The lowest BCUT2D eigenvalue weighted by Crippen LogP contribution is -2.52. The number of carbonyl (C=O) groups excluding carboxylic acids is 4. The minimum absolute atomic E-state index is 0.0832. The van der Waals surface area contributed by atoms with E-state index in [0.717, 1.165) is 24.2 Å². The van der Waals surface area contributed by atoms with Crippen LogP contribution in [0.5, 0.6) is 0 Å². The third kappa shape index (κ3) is 3.17. The Hall–Kier alpha value is -2.50. The molecule has 2 amide bonds. The maximum Gasteiger partial charge on any atom is 0.338 e. The largest absolute Gasteiger partial charge is 0.451 e. The molecule has 6 nitrogen and oxygen atoms in total. The van der Waals surface area contributed by atoms with Crippen molar-refractivity contribution in [1.82, 2.24) is 0 Å². The quantitative estimate of drug-likeness (QED) is 0.548. The van der Waals surface area contributed by atoms with Gasteiger partial charge in [0.1, 0.15) is 0 Å². The van der Waals surface area contributed by atoms with Gasteiger partial charge in [0.2, 0.25) is 11.8 Å². The van der Waals surface area contributed by atoms with Gasteiger partial charge in [0.05, 0.1) is 11.3 Å². The molecular weight excluding hydrogens is 382 g/mol. The van der Waals surface area contributed by atoms with Crippen LogP contribution < -0.4 is 4.90 Å². The number of rotatable bonds is 5. The van der Waals surface area contributed by atoms with Gasteiger partial charge in [0.25, 0.3) is 0 Å². The molecule has 1 aromatic carbocycles. The molecule has 0 aromatic heterocycles. The summed E-state index contributed by atoms with van der Waals surface area (Å²) in [6.07, 6.45) is 6.29. The van der Waals surface area contributed by atoms with Crippen LogP contribution in [0, 0.1) is 23.2 Å². The molecule has 1 aromatic rings. The Bertz CT molecular complexity index is 867. The number of nitrogens with zero attached hydrogens (tertiary/aromatic N) is 1. The summed E-state index contributed by atoms with van der Waals surface area (Å²) >= 11 is 0. The van der Waals surface area contributed by atoms with E-state index in [2.05, 4.69) is 0 Å². The number of ether oxygens (including phenoxy) is 1. The molecule has 4 bridgehead atoms. The van der Waals surface area contributed by atoms with Crippen molar-refractivity contribution >= 4 is 29.3 Å². The number of esters is 1. The summed E-state index contributed by atoms with van der Waals surface area (Å²) in [4.78, 5) is 50.8. The maximum absolute atomic E-state index is 13.3. The molecule has 30 heavy (non-hydrogen) atoms. The van der Waals surface area contributed by atoms with Gasteiger partial charge in [-0.2, -0.15) is 0 Å². The standard InChI is InChI=1S/C24H27NO5/c1-14(22(28)24-11-15-8-16(12-24)10-17(9-15)13-24)30-23(29)18-2-4-19(5-3-18)25-20(26)6-7-21(25)27/h2-5,14-17H,6-13H2,1H3/t14-,15?,16?,17?,24?/m1/s1. The highest BCUT2D eigenvalue weighted by molar-refractivity contribution is 6.19. The minimum Gasteiger partial charge on any atom is -0.451 e. The van der Waals surface area contributed by atoms with Gasteiger partial charge in [-0.25, -0.2) is 4.79 Å². The SMILES string of the molecule is C[C@@H](OC(=O)c1ccc(N2C(=O)CCC2=O)cc1)C(=O)C12CC3CC(CC(C3)C1)C2. The Kier molecular flexibility index (Phi) is 4.56. The number of amides is 2. The van der Waals surface area contributed by atoms with E-state index in [1.807, 2.05) is 0 Å². The van der Waals surface area contributed by atoms with Crippen LogP contribution in [-0.2, 0) is 19.1 Å². The number of anilines is 1. The average molecular weight is 409 g/mol. The summed E-state index contributed by atoms with van der Waals surface area (Å²) in [6, 6.07) is 6.23. The fraction of sp³-hybridized carbons (Fsp3) is 0.583. The summed E-state index contributed by atoms with van der Waals surface area (Å²) in [5, 5.41) is 0. The van der Waals surface area contributed by atoms with E-state index in [1.54, 1.807) is 31.2 Å². The minimum atomic E-state index is -0.768. The molecule has 1 heterocycles. The summed E-state index contributed by atoms with van der Waals surface area (Å²) in [7, 11) is 0. The Labute approximate surface area is 175 Å². The fourth-order valence-corrected chi connectivity index (χ4v) is 6.74. The lowest BCUT2D eigenvalue weighted by Gasteiger charge is -2.56. The first-order valence-electron chi connectivity index (χ1n) is 11.1. The van der Waals surface area contributed by atoms with Gasteiger partial charge >= 0.3 is 5.97 Å². The van der Waals surface area contributed by atoms with Crippen molar-refractivity contribution in [2.45, 2.75) is 64.4 Å². The molecule has 0 N–H and O–H groups in total. The van der Waals surface area contributed by atoms with Crippen molar-refractivity contribution in [1.29, 1.82) is 0 Å². The zero-order valence-electron chi connectivity index (χ0n) is 17.3. The second-order valence-corrected chi connectivity index (χ2v) is 9.78. The predicted octanol–water partition coefficient (Wildman–Crippen LogP) is 3.67. The van der Waals surface area contributed by atoms with Crippen LogP contribution in [0.4, 0.5) is 5.69 Å². The van der Waals surface area contributed by atoms with E-state index >= 15 is 0 Å². The molecule has 4 aliphatic carbocycles. The number of Topliss-reactive ketones (excluding diaryl/α,β-unsaturated/α-hetero) is 1. The Morgan fingerprint density at radius 1 is 0.933 bits per heavy atom. The Balaban J connectivity index is 1.26. The van der Waals surface area contributed by atoms with Crippen LogP contribution in [0.15, 0.2) is 24.3 Å². The van der Waals surface area contributed by atoms with Gasteiger partial charge in [-0.1, -0.05) is 0 Å². The molecule has 158 valence electrons. The highest BCUT2D eigenvalue weighted by atomic mass is 16.5. The van der Waals surface area contributed by atoms with Crippen LogP contribution in [0.25, 0.3) is 0 Å². The fourth-order valence-electron chi connectivity index (χ4n) is 6.74. The second-order valence-electron chi connectivity index (χ2n) is 9.78. The van der Waals surface area contributed by atoms with E-state index in [1.165, 1.54) is 19.3 Å². The van der Waals surface area contributed by atoms with Crippen molar-refractivity contribution in [2.24, 2.45) is 23.2 Å². The van der Waals surface area contributed by atoms with E-state index < -0.39 is 12.1 Å². The number of imide groups is 1. The average Bonchev–Trinajstić information content (AvgIpc) is 3.04. The smallest absolute Gasteiger partial charge is 0.338 e. The normalized spacial score (nSPS) is 33.1. The number of hydrogen-bond donors (Lipinski definition) is 0. The summed E-state index contributed by atoms with van der Waals surface area (Å²) in [5.74, 6) is 1.05. The highest BCUT2D eigenvalue weighted by Gasteiger charge is 2.55. The molecular formula is C24H27NO5. The predicted molar refractivity (Wildman–Crippen MR) is 109 cm³/mol. The lowest BCUT2D eigenvalue weighted by atomic mass is 9.48. The maximum atomic E-state index is 13.3. The Morgan fingerprint density at radius 2 is 1.43 bits per heavy atom. The van der Waals surface area contributed by atoms with E-state index in [0.29, 0.717) is 29.0 Å².